The van der Waals surface area contributed by atoms with Crippen molar-refractivity contribution in [2.75, 3.05) is 13.6 Å². The van der Waals surface area contributed by atoms with Gasteiger partial charge in [0.1, 0.15) is 6.10 Å². The second kappa shape index (κ2) is 9.11. The molecule has 4 nitrogen and oxygen atoms in total. The van der Waals surface area contributed by atoms with Crippen molar-refractivity contribution in [2.45, 2.75) is 25.5 Å². The van der Waals surface area contributed by atoms with E-state index < -0.39 is 0 Å². The van der Waals surface area contributed by atoms with Crippen LogP contribution in [0.3, 0.4) is 0 Å². The molecular weight excluding hydrogens is 322 g/mol. The quantitative estimate of drug-likeness (QED) is 0.535. The molecule has 0 aliphatic carbocycles. The van der Waals surface area contributed by atoms with Crippen LogP contribution in [0.5, 0.6) is 5.88 Å². The van der Waals surface area contributed by atoms with Crippen LogP contribution in [-0.4, -0.2) is 34.6 Å². The summed E-state index contributed by atoms with van der Waals surface area (Å²) in [6, 6.07) is 14.3. The minimum absolute atomic E-state index is 0.0491. The summed E-state index contributed by atoms with van der Waals surface area (Å²) in [5.74, 6) is 0.701. The lowest BCUT2D eigenvalue weighted by atomic mass is 10.1. The second-order valence-corrected chi connectivity index (χ2v) is 6.50. The molecular formula is C22H25N3O. The van der Waals surface area contributed by atoms with E-state index in [0.29, 0.717) is 5.88 Å². The highest BCUT2D eigenvalue weighted by atomic mass is 16.5. The highest BCUT2D eigenvalue weighted by molar-refractivity contribution is 5.86. The summed E-state index contributed by atoms with van der Waals surface area (Å²) in [6.45, 7) is 5.49. The van der Waals surface area contributed by atoms with Gasteiger partial charge in [0.25, 0.3) is 0 Å². The summed E-state index contributed by atoms with van der Waals surface area (Å²) >= 11 is 0. The molecule has 0 spiro atoms. The zero-order valence-corrected chi connectivity index (χ0v) is 15.2. The number of likely N-dealkylation sites (N-methyl/N-ethyl adjacent to an activating group) is 1. The molecule has 0 fully saturated rings. The fourth-order valence-electron chi connectivity index (χ4n) is 3.05. The lowest BCUT2D eigenvalue weighted by molar-refractivity contribution is 0.134. The van der Waals surface area contributed by atoms with Crippen molar-refractivity contribution < 1.29 is 4.74 Å². The molecule has 4 heteroatoms. The molecule has 3 aromatic rings. The summed E-state index contributed by atoms with van der Waals surface area (Å²) in [7, 11) is 2.10. The number of ether oxygens (including phenoxy) is 1. The van der Waals surface area contributed by atoms with Gasteiger partial charge in [-0.2, -0.15) is 0 Å². The first-order chi connectivity index (χ1) is 12.8. The minimum Gasteiger partial charge on any atom is -0.473 e. The van der Waals surface area contributed by atoms with Gasteiger partial charge in [0, 0.05) is 37.1 Å². The molecule has 0 aliphatic heterocycles. The van der Waals surface area contributed by atoms with E-state index in [0.717, 1.165) is 36.7 Å². The average molecular weight is 347 g/mol. The molecule has 26 heavy (non-hydrogen) atoms. The Kier molecular flexibility index (Phi) is 6.34. The highest BCUT2D eigenvalue weighted by Crippen LogP contribution is 2.24. The van der Waals surface area contributed by atoms with Crippen LogP contribution in [0, 0.1) is 0 Å². The molecule has 0 radical (unpaired) electrons. The highest BCUT2D eigenvalue weighted by Gasteiger charge is 2.15. The summed E-state index contributed by atoms with van der Waals surface area (Å²) in [5.41, 5.74) is 1.20. The molecule has 3 rings (SSSR count). The van der Waals surface area contributed by atoms with Gasteiger partial charge in [0.15, 0.2) is 0 Å². The third-order valence-electron chi connectivity index (χ3n) is 4.30. The summed E-state index contributed by atoms with van der Waals surface area (Å²) in [4.78, 5) is 10.9. The standard InChI is InChI=1S/C22H25N3O/c1-3-4-10-20(17-25(2)16-18-8-7-13-23-15-18)26-22-21-11-6-5-9-19(21)12-14-24-22/h3,5-9,11-15,20H,1,4,10,16-17H2,2H3/t20-/m1/s1. The molecule has 134 valence electrons. The molecule has 1 aromatic carbocycles. The van der Waals surface area contributed by atoms with E-state index in [-0.39, 0.29) is 6.10 Å². The maximum Gasteiger partial charge on any atom is 0.221 e. The van der Waals surface area contributed by atoms with Gasteiger partial charge in [-0.1, -0.05) is 30.3 Å². The fraction of sp³-hybridized carbons (Fsp3) is 0.273. The van der Waals surface area contributed by atoms with Crippen LogP contribution in [0.15, 0.2) is 73.7 Å². The topological polar surface area (TPSA) is 38.2 Å². The number of allylic oxidation sites excluding steroid dienone is 1. The Labute approximate surface area is 155 Å². The molecule has 0 amide bonds. The van der Waals surface area contributed by atoms with Crippen LogP contribution in [0.25, 0.3) is 10.8 Å². The van der Waals surface area contributed by atoms with Crippen molar-refractivity contribution in [3.05, 3.63) is 79.3 Å². The summed E-state index contributed by atoms with van der Waals surface area (Å²) < 4.78 is 6.32. The number of benzene rings is 1. The molecule has 0 N–H and O–H groups in total. The van der Waals surface area contributed by atoms with E-state index in [2.05, 4.69) is 46.7 Å². The summed E-state index contributed by atoms with van der Waals surface area (Å²) in [6.07, 6.45) is 9.32. The van der Waals surface area contributed by atoms with Gasteiger partial charge >= 0.3 is 0 Å². The molecule has 0 unspecified atom stereocenters. The van der Waals surface area contributed by atoms with E-state index in [9.17, 15) is 0 Å². The first-order valence-electron chi connectivity index (χ1n) is 8.95. The Morgan fingerprint density at radius 1 is 1.15 bits per heavy atom. The third kappa shape index (κ3) is 4.90. The molecule has 0 bridgehead atoms. The van der Waals surface area contributed by atoms with Gasteiger partial charge in [0.05, 0.1) is 0 Å². The average Bonchev–Trinajstić information content (AvgIpc) is 2.67. The van der Waals surface area contributed by atoms with Crippen LogP contribution in [0.2, 0.25) is 0 Å². The number of hydrogen-bond acceptors (Lipinski definition) is 4. The first kappa shape index (κ1) is 18.1. The molecule has 1 atom stereocenters. The monoisotopic (exact) mass is 347 g/mol. The zero-order valence-electron chi connectivity index (χ0n) is 15.2. The predicted octanol–water partition coefficient (Wildman–Crippen LogP) is 4.48. The van der Waals surface area contributed by atoms with E-state index in [1.807, 2.05) is 42.7 Å². The second-order valence-electron chi connectivity index (χ2n) is 6.50. The van der Waals surface area contributed by atoms with Gasteiger partial charge in [-0.05, 0) is 49.0 Å². The third-order valence-corrected chi connectivity index (χ3v) is 4.30. The number of hydrogen-bond donors (Lipinski definition) is 0. The number of pyridine rings is 2. The smallest absolute Gasteiger partial charge is 0.221 e. The Morgan fingerprint density at radius 2 is 2.04 bits per heavy atom. The van der Waals surface area contributed by atoms with Gasteiger partial charge in [-0.25, -0.2) is 4.98 Å². The fourth-order valence-corrected chi connectivity index (χ4v) is 3.05. The maximum absolute atomic E-state index is 6.32. The largest absolute Gasteiger partial charge is 0.473 e. The van der Waals surface area contributed by atoms with Crippen molar-refractivity contribution in [1.82, 2.24) is 14.9 Å². The normalized spacial score (nSPS) is 12.2. The number of fused-ring (bicyclic) bond motifs is 1. The number of rotatable bonds is 9. The van der Waals surface area contributed by atoms with E-state index in [1.54, 1.807) is 6.20 Å². The lowest BCUT2D eigenvalue weighted by Gasteiger charge is -2.25. The molecule has 2 aromatic heterocycles. The van der Waals surface area contributed by atoms with E-state index >= 15 is 0 Å². The van der Waals surface area contributed by atoms with Crippen LogP contribution >= 0.6 is 0 Å². The lowest BCUT2D eigenvalue weighted by Crippen LogP contribution is -2.33. The Hall–Kier alpha value is -2.72. The van der Waals surface area contributed by atoms with Gasteiger partial charge < -0.3 is 4.74 Å². The van der Waals surface area contributed by atoms with Crippen molar-refractivity contribution in [1.29, 1.82) is 0 Å². The maximum atomic E-state index is 6.32. The Morgan fingerprint density at radius 3 is 2.85 bits per heavy atom. The minimum atomic E-state index is 0.0491. The van der Waals surface area contributed by atoms with Gasteiger partial charge in [0.2, 0.25) is 5.88 Å². The Bertz CT molecular complexity index is 830. The van der Waals surface area contributed by atoms with Crippen molar-refractivity contribution >= 4 is 10.8 Å². The number of nitrogens with zero attached hydrogens (tertiary/aromatic N) is 3. The SMILES string of the molecule is C=CCC[C@H](CN(C)Cc1cccnc1)Oc1nccc2ccccc12. The molecule has 0 saturated carbocycles. The predicted molar refractivity (Wildman–Crippen MR) is 106 cm³/mol. The van der Waals surface area contributed by atoms with Crippen molar-refractivity contribution in [3.63, 3.8) is 0 Å². The van der Waals surface area contributed by atoms with Gasteiger partial charge in [-0.3, -0.25) is 9.88 Å². The Balaban J connectivity index is 1.71. The van der Waals surface area contributed by atoms with Gasteiger partial charge in [-0.15, -0.1) is 6.58 Å². The first-order valence-corrected chi connectivity index (χ1v) is 8.95. The van der Waals surface area contributed by atoms with Crippen LogP contribution < -0.4 is 4.74 Å². The van der Waals surface area contributed by atoms with E-state index in [1.165, 1.54) is 5.56 Å². The van der Waals surface area contributed by atoms with Crippen LogP contribution in [0.4, 0.5) is 0 Å². The molecule has 0 saturated heterocycles. The zero-order chi connectivity index (χ0) is 18.2. The number of aromatic nitrogens is 2. The summed E-state index contributed by atoms with van der Waals surface area (Å²) in [5, 5.41) is 2.19. The van der Waals surface area contributed by atoms with E-state index in [4.69, 9.17) is 4.74 Å². The molecule has 2 heterocycles. The van der Waals surface area contributed by atoms with Crippen LogP contribution in [-0.2, 0) is 6.54 Å². The van der Waals surface area contributed by atoms with Crippen LogP contribution in [0.1, 0.15) is 18.4 Å². The van der Waals surface area contributed by atoms with Crippen molar-refractivity contribution in [2.24, 2.45) is 0 Å². The molecule has 0 aliphatic rings. The van der Waals surface area contributed by atoms with Crippen molar-refractivity contribution in [3.8, 4) is 5.88 Å².